The fraction of sp³-hybridized carbons (Fsp3) is 0.909. The molecular weight excluding hydrogens is 202 g/mol. The van der Waals surface area contributed by atoms with Crippen LogP contribution < -0.4 is 16.5 Å². The Balaban J connectivity index is 2.01. The molecule has 3 aliphatic rings. The molecular formula is C11H26N5+3. The van der Waals surface area contributed by atoms with Gasteiger partial charge in [-0.05, 0) is 6.92 Å². The summed E-state index contributed by atoms with van der Waals surface area (Å²) in [6, 6.07) is 0.608. The summed E-state index contributed by atoms with van der Waals surface area (Å²) in [5.74, 6) is 0.347. The molecule has 3 aliphatic heterocycles. The average molecular weight is 228 g/mol. The van der Waals surface area contributed by atoms with Gasteiger partial charge >= 0.3 is 5.96 Å². The van der Waals surface area contributed by atoms with Gasteiger partial charge in [0.25, 0.3) is 0 Å². The van der Waals surface area contributed by atoms with Crippen LogP contribution in [0.2, 0.25) is 0 Å². The lowest BCUT2D eigenvalue weighted by molar-refractivity contribution is -1.08. The molecule has 3 saturated heterocycles. The molecule has 3 rings (SSSR count). The lowest BCUT2D eigenvalue weighted by atomic mass is 10.0. The van der Waals surface area contributed by atoms with Gasteiger partial charge in [-0.25, -0.2) is 0 Å². The van der Waals surface area contributed by atoms with Crippen LogP contribution in [-0.4, -0.2) is 73.8 Å². The van der Waals surface area contributed by atoms with Crippen molar-refractivity contribution in [2.24, 2.45) is 11.5 Å². The molecule has 0 radical (unpaired) electrons. The number of nitrogens with zero attached hydrogens (tertiary/aromatic N) is 2. The number of nitrogens with two attached hydrogens (primary N) is 2. The number of guanidine groups is 1. The largest absolute Gasteiger partial charge is 0.338 e. The predicted molar refractivity (Wildman–Crippen MR) is 64.3 cm³/mol. The summed E-state index contributed by atoms with van der Waals surface area (Å²) in [6.45, 7) is 11.1. The zero-order valence-electron chi connectivity index (χ0n) is 10.6. The molecule has 0 aliphatic carbocycles. The Kier molecular flexibility index (Phi) is 2.84. The Hall–Kier alpha value is -0.810. The maximum atomic E-state index is 5.46. The van der Waals surface area contributed by atoms with Crippen LogP contribution in [0.5, 0.6) is 0 Å². The lowest BCUT2D eigenvalue weighted by Crippen LogP contribution is -2.85. The summed E-state index contributed by atoms with van der Waals surface area (Å²) in [4.78, 5) is 3.08. The van der Waals surface area contributed by atoms with Crippen LogP contribution in [0.1, 0.15) is 6.92 Å². The van der Waals surface area contributed by atoms with Crippen LogP contribution >= 0.6 is 0 Å². The first-order chi connectivity index (χ1) is 7.46. The van der Waals surface area contributed by atoms with Gasteiger partial charge in [0, 0.05) is 0 Å². The molecule has 0 aromatic rings. The summed E-state index contributed by atoms with van der Waals surface area (Å²) in [5, 5.41) is 0. The predicted octanol–water partition coefficient (Wildman–Crippen LogP) is -2.98. The van der Waals surface area contributed by atoms with Crippen LogP contribution in [0.25, 0.3) is 0 Å². The third-order valence-corrected chi connectivity index (χ3v) is 4.79. The Labute approximate surface area is 97.9 Å². The van der Waals surface area contributed by atoms with E-state index in [0.29, 0.717) is 12.0 Å². The summed E-state index contributed by atoms with van der Waals surface area (Å²) < 4.78 is 2.54. The number of piperazine rings is 3. The van der Waals surface area contributed by atoms with Crippen LogP contribution in [0.4, 0.5) is 0 Å². The molecule has 3 heterocycles. The molecule has 0 aromatic carbocycles. The van der Waals surface area contributed by atoms with Crippen LogP contribution in [-0.2, 0) is 0 Å². The van der Waals surface area contributed by atoms with Gasteiger partial charge in [0.15, 0.2) is 0 Å². The van der Waals surface area contributed by atoms with E-state index in [0.717, 1.165) is 6.54 Å². The summed E-state index contributed by atoms with van der Waals surface area (Å²) in [5.41, 5.74) is 10.9. The van der Waals surface area contributed by atoms with E-state index in [2.05, 4.69) is 19.0 Å². The minimum atomic E-state index is 0.347. The highest BCUT2D eigenvalue weighted by Gasteiger charge is 2.49. The third kappa shape index (κ3) is 2.01. The molecule has 92 valence electrons. The molecule has 0 saturated carbocycles. The number of hydrogen-bond donors (Lipinski definition) is 3. The first-order valence-electron chi connectivity index (χ1n) is 6.27. The lowest BCUT2D eigenvalue weighted by Gasteiger charge is -2.56. The molecule has 0 spiro atoms. The van der Waals surface area contributed by atoms with Gasteiger partial charge in [-0.1, -0.05) is 0 Å². The van der Waals surface area contributed by atoms with Crippen molar-refractivity contribution in [2.75, 3.05) is 52.9 Å². The van der Waals surface area contributed by atoms with Crippen molar-refractivity contribution < 1.29 is 14.0 Å². The minimum Gasteiger partial charge on any atom is -0.312 e. The normalized spacial score (nSPS) is 39.4. The zero-order valence-corrected chi connectivity index (χ0v) is 10.6. The number of nitrogens with one attached hydrogen (secondary N) is 1. The zero-order chi connectivity index (χ0) is 11.8. The topological polar surface area (TPSA) is 66.0 Å². The second kappa shape index (κ2) is 3.89. The highest BCUT2D eigenvalue weighted by Crippen LogP contribution is 2.26. The fourth-order valence-electron chi connectivity index (χ4n) is 3.11. The highest BCUT2D eigenvalue weighted by molar-refractivity contribution is 5.69. The first-order valence-corrected chi connectivity index (χ1v) is 6.27. The van der Waals surface area contributed by atoms with Crippen LogP contribution in [0, 0.1) is 0 Å². The van der Waals surface area contributed by atoms with Gasteiger partial charge in [0.1, 0.15) is 51.9 Å². The smallest absolute Gasteiger partial charge is 0.312 e. The van der Waals surface area contributed by atoms with Crippen molar-refractivity contribution in [1.82, 2.24) is 0 Å². The van der Waals surface area contributed by atoms with Gasteiger partial charge in [0.05, 0.1) is 7.05 Å². The molecule has 5 nitrogen and oxygen atoms in total. The first kappa shape index (κ1) is 11.7. The summed E-state index contributed by atoms with van der Waals surface area (Å²) in [6.07, 6.45) is 0. The van der Waals surface area contributed by atoms with Crippen molar-refractivity contribution >= 4 is 5.96 Å². The summed E-state index contributed by atoms with van der Waals surface area (Å²) >= 11 is 0. The number of likely N-dealkylation sites (N-methyl/N-ethyl adjacent to an activating group) is 1. The molecule has 0 amide bonds. The Morgan fingerprint density at radius 2 is 1.62 bits per heavy atom. The van der Waals surface area contributed by atoms with E-state index in [4.69, 9.17) is 11.5 Å². The fourth-order valence-corrected chi connectivity index (χ4v) is 3.11. The van der Waals surface area contributed by atoms with E-state index in [9.17, 15) is 0 Å². The maximum Gasteiger partial charge on any atom is 0.338 e. The third-order valence-electron chi connectivity index (χ3n) is 4.79. The molecule has 3 fully saturated rings. The van der Waals surface area contributed by atoms with E-state index in [1.165, 1.54) is 48.2 Å². The monoisotopic (exact) mass is 228 g/mol. The maximum absolute atomic E-state index is 5.46. The molecule has 0 aromatic heterocycles. The Morgan fingerprint density at radius 3 is 2.06 bits per heavy atom. The molecule has 2 bridgehead atoms. The highest BCUT2D eigenvalue weighted by atomic mass is 15.5. The van der Waals surface area contributed by atoms with E-state index in [1.807, 2.05) is 0 Å². The van der Waals surface area contributed by atoms with Gasteiger partial charge in [-0.2, -0.15) is 0 Å². The quantitative estimate of drug-likeness (QED) is 0.274. The molecule has 1 atom stereocenters. The van der Waals surface area contributed by atoms with Crippen molar-refractivity contribution in [2.45, 2.75) is 13.0 Å². The van der Waals surface area contributed by atoms with E-state index in [-0.39, 0.29) is 0 Å². The SMILES string of the molecule is CC(C[NH+]=C(N)N)[N+]12CC[N+](C)(CC1)CC2. The van der Waals surface area contributed by atoms with Crippen LogP contribution in [0.3, 0.4) is 0 Å². The Bertz CT molecular complexity index is 270. The van der Waals surface area contributed by atoms with Crippen molar-refractivity contribution in [1.29, 1.82) is 0 Å². The van der Waals surface area contributed by atoms with Crippen LogP contribution in [0.15, 0.2) is 0 Å². The van der Waals surface area contributed by atoms with Crippen molar-refractivity contribution in [3.8, 4) is 0 Å². The minimum absolute atomic E-state index is 0.347. The van der Waals surface area contributed by atoms with Crippen molar-refractivity contribution in [3.63, 3.8) is 0 Å². The summed E-state index contributed by atoms with van der Waals surface area (Å²) in [7, 11) is 2.39. The van der Waals surface area contributed by atoms with Crippen molar-refractivity contribution in [3.05, 3.63) is 0 Å². The second-order valence-electron chi connectivity index (χ2n) is 5.86. The number of fused-ring (bicyclic) bond motifs is 3. The van der Waals surface area contributed by atoms with Gasteiger partial charge in [-0.3, -0.25) is 16.5 Å². The number of rotatable bonds is 3. The molecule has 1 unspecified atom stereocenters. The van der Waals surface area contributed by atoms with Gasteiger partial charge in [0.2, 0.25) is 0 Å². The van der Waals surface area contributed by atoms with E-state index < -0.39 is 0 Å². The molecule has 5 heteroatoms. The standard InChI is InChI=1S/C11H25N5/c1-10(9-14-11(12)13)16-6-3-15(2,4-7-16)5-8-16/h10H,3-9H2,1-2H3,(H4,12,13,14)/q+2/p+1. The van der Waals surface area contributed by atoms with Gasteiger partial charge in [-0.15, -0.1) is 0 Å². The molecule has 16 heavy (non-hydrogen) atoms. The van der Waals surface area contributed by atoms with Gasteiger partial charge < -0.3 is 8.97 Å². The second-order valence-corrected chi connectivity index (χ2v) is 5.86. The molecule has 5 N–H and O–H groups in total. The Morgan fingerprint density at radius 1 is 1.12 bits per heavy atom. The van der Waals surface area contributed by atoms with E-state index in [1.54, 1.807) is 0 Å². The van der Waals surface area contributed by atoms with E-state index >= 15 is 0 Å². The number of hydrogen-bond acceptors (Lipinski definition) is 0. The number of quaternary nitrogens is 2. The average Bonchev–Trinajstić information content (AvgIpc) is 2.27.